The summed E-state index contributed by atoms with van der Waals surface area (Å²) in [5.41, 5.74) is 2.48. The van der Waals surface area contributed by atoms with E-state index in [1.165, 1.54) is 12.8 Å². The molecule has 0 amide bonds. The summed E-state index contributed by atoms with van der Waals surface area (Å²) in [6, 6.07) is 11.5. The van der Waals surface area contributed by atoms with Crippen LogP contribution in [0.4, 0.5) is 0 Å². The van der Waals surface area contributed by atoms with Crippen LogP contribution in [0.15, 0.2) is 42.6 Å². The molecule has 2 rings (SSSR count). The van der Waals surface area contributed by atoms with E-state index < -0.39 is 0 Å². The Morgan fingerprint density at radius 3 is 2.32 bits per heavy atom. The Bertz CT molecular complexity index is 695. The van der Waals surface area contributed by atoms with Gasteiger partial charge in [-0.2, -0.15) is 0 Å². The van der Waals surface area contributed by atoms with Crippen molar-refractivity contribution in [2.24, 2.45) is 0 Å². The van der Waals surface area contributed by atoms with Crippen molar-refractivity contribution in [2.75, 3.05) is 6.61 Å². The van der Waals surface area contributed by atoms with Crippen LogP contribution in [0, 0.1) is 0 Å². The van der Waals surface area contributed by atoms with Crippen molar-refractivity contribution < 1.29 is 14.3 Å². The molecule has 0 fully saturated rings. The summed E-state index contributed by atoms with van der Waals surface area (Å²) in [5.74, 6) is 0.471. The number of aromatic nitrogens is 1. The maximum absolute atomic E-state index is 12.5. The monoisotopic (exact) mass is 383 g/mol. The lowest BCUT2D eigenvalue weighted by Crippen LogP contribution is -2.12. The first kappa shape index (κ1) is 21.9. The summed E-state index contributed by atoms with van der Waals surface area (Å²) in [6.07, 6.45) is 8.88. The van der Waals surface area contributed by atoms with Crippen LogP contribution >= 0.6 is 0 Å². The number of ether oxygens (including phenoxy) is 2. The Morgan fingerprint density at radius 2 is 1.71 bits per heavy atom. The van der Waals surface area contributed by atoms with Crippen molar-refractivity contribution in [2.45, 2.75) is 71.8 Å². The van der Waals surface area contributed by atoms with Crippen LogP contribution in [0.5, 0.6) is 5.75 Å². The molecule has 1 atom stereocenters. The number of esters is 1. The summed E-state index contributed by atoms with van der Waals surface area (Å²) < 4.78 is 11.5. The topological polar surface area (TPSA) is 48.4 Å². The summed E-state index contributed by atoms with van der Waals surface area (Å²) in [4.78, 5) is 16.8. The largest absolute Gasteiger partial charge is 0.494 e. The molecule has 1 aromatic carbocycles. The average molecular weight is 384 g/mol. The smallest absolute Gasteiger partial charge is 0.357 e. The maximum Gasteiger partial charge on any atom is 0.357 e. The minimum atomic E-state index is -0.381. The van der Waals surface area contributed by atoms with E-state index in [0.717, 1.165) is 49.2 Å². The third kappa shape index (κ3) is 6.99. The number of nitrogens with zero attached hydrogens (tertiary/aromatic N) is 1. The molecule has 2 aromatic rings. The predicted octanol–water partition coefficient (Wildman–Crippen LogP) is 6.30. The number of unbranched alkanes of at least 4 members (excludes halogenated alkanes) is 3. The molecule has 0 radical (unpaired) electrons. The van der Waals surface area contributed by atoms with E-state index in [4.69, 9.17) is 9.47 Å². The van der Waals surface area contributed by atoms with Gasteiger partial charge >= 0.3 is 5.97 Å². The second-order valence-electron chi connectivity index (χ2n) is 7.08. The van der Waals surface area contributed by atoms with E-state index in [9.17, 15) is 4.79 Å². The zero-order valence-electron chi connectivity index (χ0n) is 17.4. The fourth-order valence-corrected chi connectivity index (χ4v) is 2.97. The van der Waals surface area contributed by atoms with Crippen molar-refractivity contribution in [3.63, 3.8) is 0 Å². The van der Waals surface area contributed by atoms with Crippen LogP contribution in [-0.4, -0.2) is 17.6 Å². The third-order valence-corrected chi connectivity index (χ3v) is 4.74. The fraction of sp³-hybridized carbons (Fsp3) is 0.500. The predicted molar refractivity (Wildman–Crippen MR) is 113 cm³/mol. The highest BCUT2D eigenvalue weighted by Crippen LogP contribution is 2.25. The van der Waals surface area contributed by atoms with Gasteiger partial charge in [0.2, 0.25) is 0 Å². The Hall–Kier alpha value is -2.36. The lowest BCUT2D eigenvalue weighted by atomic mass is 10.1. The molecule has 28 heavy (non-hydrogen) atoms. The Balaban J connectivity index is 1.92. The molecule has 0 spiro atoms. The molecule has 0 saturated carbocycles. The van der Waals surface area contributed by atoms with Gasteiger partial charge in [0.1, 0.15) is 17.5 Å². The van der Waals surface area contributed by atoms with Gasteiger partial charge in [-0.25, -0.2) is 9.78 Å². The third-order valence-electron chi connectivity index (χ3n) is 4.74. The lowest BCUT2D eigenvalue weighted by Gasteiger charge is -2.17. The van der Waals surface area contributed by atoms with Gasteiger partial charge in [0, 0.05) is 6.20 Å². The van der Waals surface area contributed by atoms with Gasteiger partial charge in [0.05, 0.1) is 6.61 Å². The first-order chi connectivity index (χ1) is 13.7. The molecular weight excluding hydrogens is 350 g/mol. The first-order valence-corrected chi connectivity index (χ1v) is 10.6. The van der Waals surface area contributed by atoms with Crippen LogP contribution < -0.4 is 4.74 Å². The maximum atomic E-state index is 12.5. The highest BCUT2D eigenvalue weighted by Gasteiger charge is 2.17. The number of rotatable bonds is 12. The summed E-state index contributed by atoms with van der Waals surface area (Å²) in [5, 5.41) is 0. The van der Waals surface area contributed by atoms with Gasteiger partial charge in [0.25, 0.3) is 0 Å². The molecule has 0 aliphatic heterocycles. The number of pyridine rings is 1. The normalized spacial score (nSPS) is 11.8. The molecule has 0 aliphatic rings. The fourth-order valence-electron chi connectivity index (χ4n) is 2.97. The van der Waals surface area contributed by atoms with E-state index in [2.05, 4.69) is 18.8 Å². The Labute approximate surface area is 169 Å². The summed E-state index contributed by atoms with van der Waals surface area (Å²) in [6.45, 7) is 7.08. The van der Waals surface area contributed by atoms with Crippen molar-refractivity contribution in [1.82, 2.24) is 4.98 Å². The molecule has 1 unspecified atom stereocenters. The molecule has 4 nitrogen and oxygen atoms in total. The highest BCUT2D eigenvalue weighted by molar-refractivity contribution is 5.87. The molecule has 0 bridgehead atoms. The Kier molecular flexibility index (Phi) is 9.53. The second-order valence-corrected chi connectivity index (χ2v) is 7.08. The summed E-state index contributed by atoms with van der Waals surface area (Å²) in [7, 11) is 0. The van der Waals surface area contributed by atoms with Gasteiger partial charge < -0.3 is 9.47 Å². The zero-order valence-corrected chi connectivity index (χ0v) is 17.4. The molecule has 1 aromatic heterocycles. The summed E-state index contributed by atoms with van der Waals surface area (Å²) >= 11 is 0. The zero-order chi connectivity index (χ0) is 20.2. The van der Waals surface area contributed by atoms with Crippen molar-refractivity contribution in [3.05, 3.63) is 59.4 Å². The number of benzene rings is 1. The van der Waals surface area contributed by atoms with Crippen molar-refractivity contribution in [3.8, 4) is 5.75 Å². The van der Waals surface area contributed by atoms with E-state index in [-0.39, 0.29) is 12.1 Å². The Morgan fingerprint density at radius 1 is 0.964 bits per heavy atom. The molecule has 1 heterocycles. The standard InChI is InChI=1S/C24H33NO3/c1-4-7-9-17-27-21-14-12-20(13-15-21)23(6-3)28-24(26)22-16-11-19(18-25-22)10-8-5-2/h11-16,18,23H,4-10,17H2,1-3H3. The van der Waals surface area contributed by atoms with Crippen LogP contribution in [0.25, 0.3) is 0 Å². The highest BCUT2D eigenvalue weighted by atomic mass is 16.5. The van der Waals surface area contributed by atoms with Crippen LogP contribution in [0.2, 0.25) is 0 Å². The van der Waals surface area contributed by atoms with Gasteiger partial charge in [0.15, 0.2) is 0 Å². The number of carbonyl (C=O) groups excluding carboxylic acids is 1. The van der Waals surface area contributed by atoms with Crippen LogP contribution in [0.3, 0.4) is 0 Å². The van der Waals surface area contributed by atoms with Gasteiger partial charge in [-0.1, -0.05) is 58.2 Å². The lowest BCUT2D eigenvalue weighted by molar-refractivity contribution is 0.0281. The van der Waals surface area contributed by atoms with Crippen LogP contribution in [0.1, 0.15) is 87.0 Å². The number of carbonyl (C=O) groups is 1. The minimum absolute atomic E-state index is 0.289. The second kappa shape index (κ2) is 12.2. The van der Waals surface area contributed by atoms with Gasteiger partial charge in [-0.3, -0.25) is 0 Å². The molecule has 0 N–H and O–H groups in total. The number of hydrogen-bond acceptors (Lipinski definition) is 4. The molecular formula is C24H33NO3. The van der Waals surface area contributed by atoms with Crippen LogP contribution in [-0.2, 0) is 11.2 Å². The number of hydrogen-bond donors (Lipinski definition) is 0. The molecule has 4 heteroatoms. The van der Waals surface area contributed by atoms with E-state index in [0.29, 0.717) is 12.1 Å². The number of aryl methyl sites for hydroxylation is 1. The average Bonchev–Trinajstić information content (AvgIpc) is 2.74. The van der Waals surface area contributed by atoms with Crippen molar-refractivity contribution >= 4 is 5.97 Å². The SMILES string of the molecule is CCCCCOc1ccc(C(CC)OC(=O)c2ccc(CCCC)cn2)cc1. The first-order valence-electron chi connectivity index (χ1n) is 10.6. The van der Waals surface area contributed by atoms with E-state index in [1.807, 2.05) is 37.3 Å². The van der Waals surface area contributed by atoms with E-state index in [1.54, 1.807) is 12.3 Å². The molecule has 152 valence electrons. The quantitative estimate of drug-likeness (QED) is 0.319. The van der Waals surface area contributed by atoms with Gasteiger partial charge in [-0.05, 0) is 55.0 Å². The van der Waals surface area contributed by atoms with Gasteiger partial charge in [-0.15, -0.1) is 0 Å². The minimum Gasteiger partial charge on any atom is -0.494 e. The molecule has 0 aliphatic carbocycles. The molecule has 0 saturated heterocycles. The van der Waals surface area contributed by atoms with E-state index >= 15 is 0 Å². The van der Waals surface area contributed by atoms with Crippen molar-refractivity contribution in [1.29, 1.82) is 0 Å².